The molecule has 0 spiro atoms. The van der Waals surface area contributed by atoms with E-state index in [9.17, 15) is 4.79 Å². The number of H-pyrrole nitrogens is 1. The molecule has 0 aliphatic carbocycles. The third-order valence-corrected chi connectivity index (χ3v) is 4.82. The number of carbonyl (C=O) groups excluding carboxylic acids is 1. The van der Waals surface area contributed by atoms with Crippen LogP contribution in [0.2, 0.25) is 0 Å². The lowest BCUT2D eigenvalue weighted by Crippen LogP contribution is -1.99. The molecular formula is C17H15N3OS2. The molecule has 116 valence electrons. The van der Waals surface area contributed by atoms with Crippen molar-refractivity contribution in [2.75, 3.05) is 0 Å². The molecular weight excluding hydrogens is 326 g/mol. The molecule has 1 N–H and O–H groups in total. The number of hydrogen-bond acceptors (Lipinski definition) is 5. The van der Waals surface area contributed by atoms with Crippen LogP contribution in [0.25, 0.3) is 21.6 Å². The summed E-state index contributed by atoms with van der Waals surface area (Å²) >= 11 is 2.87. The van der Waals surface area contributed by atoms with E-state index in [4.69, 9.17) is 0 Å². The summed E-state index contributed by atoms with van der Waals surface area (Å²) in [6.45, 7) is 4.00. The molecule has 6 heteroatoms. The Balaban J connectivity index is 0.000000753. The predicted octanol–water partition coefficient (Wildman–Crippen LogP) is 5.01. The van der Waals surface area contributed by atoms with E-state index < -0.39 is 0 Å². The van der Waals surface area contributed by atoms with E-state index >= 15 is 0 Å². The van der Waals surface area contributed by atoms with Gasteiger partial charge in [-0.1, -0.05) is 32.0 Å². The van der Waals surface area contributed by atoms with Crippen molar-refractivity contribution in [3.8, 4) is 10.7 Å². The van der Waals surface area contributed by atoms with Gasteiger partial charge < -0.3 is 4.98 Å². The standard InChI is InChI=1S/C15H9N3OS2.C2H6/c19-13(10-7-17-11-4-2-1-3-9(10)11)15-18-12(8-21-15)14-16-5-6-20-14;1-2/h1-8,17H;1-2H3. The van der Waals surface area contributed by atoms with E-state index in [0.717, 1.165) is 21.6 Å². The van der Waals surface area contributed by atoms with E-state index in [1.807, 2.05) is 48.9 Å². The van der Waals surface area contributed by atoms with E-state index in [1.165, 1.54) is 22.7 Å². The van der Waals surface area contributed by atoms with E-state index in [1.54, 1.807) is 12.4 Å². The van der Waals surface area contributed by atoms with Crippen molar-refractivity contribution >= 4 is 39.4 Å². The maximum absolute atomic E-state index is 12.6. The van der Waals surface area contributed by atoms with Crippen LogP contribution >= 0.6 is 22.7 Å². The number of hydrogen-bond donors (Lipinski definition) is 1. The van der Waals surface area contributed by atoms with Gasteiger partial charge in [-0.2, -0.15) is 0 Å². The van der Waals surface area contributed by atoms with E-state index in [0.29, 0.717) is 10.6 Å². The molecule has 4 rings (SSSR count). The van der Waals surface area contributed by atoms with Crippen LogP contribution in [0, 0.1) is 0 Å². The molecule has 4 nitrogen and oxygen atoms in total. The first-order chi connectivity index (χ1) is 11.3. The number of carbonyl (C=O) groups is 1. The SMILES string of the molecule is CC.O=C(c1nc(-c2nccs2)cs1)c1c[nH]c2ccccc12. The summed E-state index contributed by atoms with van der Waals surface area (Å²) < 4.78 is 0. The average molecular weight is 341 g/mol. The number of rotatable bonds is 3. The molecule has 0 amide bonds. The van der Waals surface area contributed by atoms with Gasteiger partial charge in [-0.15, -0.1) is 22.7 Å². The largest absolute Gasteiger partial charge is 0.360 e. The van der Waals surface area contributed by atoms with Crippen LogP contribution in [0.15, 0.2) is 47.4 Å². The quantitative estimate of drug-likeness (QED) is 0.533. The number of benzene rings is 1. The van der Waals surface area contributed by atoms with Crippen molar-refractivity contribution in [2.24, 2.45) is 0 Å². The monoisotopic (exact) mass is 341 g/mol. The van der Waals surface area contributed by atoms with Crippen LogP contribution in [0.3, 0.4) is 0 Å². The van der Waals surface area contributed by atoms with Gasteiger partial charge >= 0.3 is 0 Å². The lowest BCUT2D eigenvalue weighted by Gasteiger charge is -1.94. The second-order valence-corrected chi connectivity index (χ2v) is 6.20. The van der Waals surface area contributed by atoms with Gasteiger partial charge in [-0.05, 0) is 6.07 Å². The molecule has 0 aliphatic heterocycles. The maximum Gasteiger partial charge on any atom is 0.223 e. The predicted molar refractivity (Wildman–Crippen MR) is 96.3 cm³/mol. The fraction of sp³-hybridized carbons (Fsp3) is 0.118. The molecule has 1 aromatic carbocycles. The molecule has 23 heavy (non-hydrogen) atoms. The molecule has 0 radical (unpaired) electrons. The van der Waals surface area contributed by atoms with Crippen LogP contribution in [0.4, 0.5) is 0 Å². The lowest BCUT2D eigenvalue weighted by atomic mass is 10.1. The molecule has 0 bridgehead atoms. The number of aromatic amines is 1. The summed E-state index contributed by atoms with van der Waals surface area (Å²) in [4.78, 5) is 24.4. The van der Waals surface area contributed by atoms with Crippen molar-refractivity contribution in [3.05, 3.63) is 58.0 Å². The van der Waals surface area contributed by atoms with Gasteiger partial charge in [0, 0.05) is 34.1 Å². The lowest BCUT2D eigenvalue weighted by molar-refractivity contribution is 0.104. The number of para-hydroxylation sites is 1. The number of aromatic nitrogens is 3. The summed E-state index contributed by atoms with van der Waals surface area (Å²) in [6.07, 6.45) is 3.48. The highest BCUT2D eigenvalue weighted by atomic mass is 32.1. The Kier molecular flexibility index (Phi) is 4.64. The van der Waals surface area contributed by atoms with Gasteiger partial charge in [-0.3, -0.25) is 4.79 Å². The highest BCUT2D eigenvalue weighted by Gasteiger charge is 2.18. The minimum atomic E-state index is -0.0553. The molecule has 4 aromatic rings. The highest BCUT2D eigenvalue weighted by Crippen LogP contribution is 2.27. The number of nitrogens with zero attached hydrogens (tertiary/aromatic N) is 2. The Hall–Kier alpha value is -2.31. The minimum absolute atomic E-state index is 0.0553. The van der Waals surface area contributed by atoms with Gasteiger partial charge in [0.05, 0.1) is 5.56 Å². The summed E-state index contributed by atoms with van der Waals surface area (Å²) in [5.74, 6) is -0.0553. The molecule has 0 unspecified atom stereocenters. The van der Waals surface area contributed by atoms with Gasteiger partial charge in [0.1, 0.15) is 10.7 Å². The molecule has 3 aromatic heterocycles. The van der Waals surface area contributed by atoms with Gasteiger partial charge in [0.25, 0.3) is 0 Å². The third-order valence-electron chi connectivity index (χ3n) is 3.18. The molecule has 0 atom stereocenters. The zero-order valence-corrected chi connectivity index (χ0v) is 14.4. The number of nitrogens with one attached hydrogen (secondary N) is 1. The van der Waals surface area contributed by atoms with Crippen LogP contribution in [-0.2, 0) is 0 Å². The third kappa shape index (κ3) is 2.95. The first-order valence-corrected chi connectivity index (χ1v) is 9.05. The van der Waals surface area contributed by atoms with Gasteiger partial charge in [0.15, 0.2) is 5.01 Å². The van der Waals surface area contributed by atoms with Crippen molar-refractivity contribution in [3.63, 3.8) is 0 Å². The Labute approximate surface area is 141 Å². The first-order valence-electron chi connectivity index (χ1n) is 7.29. The Bertz CT molecular complexity index is 922. The smallest absolute Gasteiger partial charge is 0.223 e. The van der Waals surface area contributed by atoms with E-state index in [-0.39, 0.29) is 5.78 Å². The average Bonchev–Trinajstić information content (AvgIpc) is 3.34. The zero-order valence-electron chi connectivity index (χ0n) is 12.7. The Morgan fingerprint density at radius 3 is 2.78 bits per heavy atom. The zero-order chi connectivity index (χ0) is 16.2. The normalized spacial score (nSPS) is 10.3. The second kappa shape index (κ2) is 6.85. The molecule has 0 saturated carbocycles. The van der Waals surface area contributed by atoms with Crippen molar-refractivity contribution < 1.29 is 4.79 Å². The maximum atomic E-state index is 12.6. The number of thiazole rings is 2. The number of fused-ring (bicyclic) bond motifs is 1. The van der Waals surface area contributed by atoms with Crippen LogP contribution in [0.1, 0.15) is 29.2 Å². The van der Waals surface area contributed by atoms with Crippen LogP contribution < -0.4 is 0 Å². The second-order valence-electron chi connectivity index (χ2n) is 4.45. The van der Waals surface area contributed by atoms with Crippen molar-refractivity contribution in [1.29, 1.82) is 0 Å². The fourth-order valence-corrected chi connectivity index (χ4v) is 3.63. The summed E-state index contributed by atoms with van der Waals surface area (Å²) in [7, 11) is 0. The Morgan fingerprint density at radius 1 is 1.17 bits per heavy atom. The molecule has 0 aliphatic rings. The summed E-state index contributed by atoms with van der Waals surface area (Å²) in [5, 5.41) is 6.03. The first kappa shape index (κ1) is 15.6. The van der Waals surface area contributed by atoms with Crippen LogP contribution in [-0.4, -0.2) is 20.7 Å². The van der Waals surface area contributed by atoms with Crippen molar-refractivity contribution in [2.45, 2.75) is 13.8 Å². The van der Waals surface area contributed by atoms with E-state index in [2.05, 4.69) is 15.0 Å². The van der Waals surface area contributed by atoms with Crippen LogP contribution in [0.5, 0.6) is 0 Å². The molecule has 3 heterocycles. The van der Waals surface area contributed by atoms with Gasteiger partial charge in [0.2, 0.25) is 5.78 Å². The summed E-state index contributed by atoms with van der Waals surface area (Å²) in [5.41, 5.74) is 2.38. The molecule has 0 fully saturated rings. The molecule has 0 saturated heterocycles. The topological polar surface area (TPSA) is 58.6 Å². The van der Waals surface area contributed by atoms with Crippen molar-refractivity contribution in [1.82, 2.24) is 15.0 Å². The fourth-order valence-electron chi connectivity index (χ4n) is 2.20. The van der Waals surface area contributed by atoms with Gasteiger partial charge in [-0.25, -0.2) is 9.97 Å². The Morgan fingerprint density at radius 2 is 2.00 bits per heavy atom. The highest BCUT2D eigenvalue weighted by molar-refractivity contribution is 7.14. The minimum Gasteiger partial charge on any atom is -0.360 e. The summed E-state index contributed by atoms with van der Waals surface area (Å²) in [6, 6.07) is 7.76. The number of ketones is 1.